The summed E-state index contributed by atoms with van der Waals surface area (Å²) < 4.78 is 12.6. The second kappa shape index (κ2) is 7.74. The number of esters is 1. The van der Waals surface area contributed by atoms with Gasteiger partial charge in [0.05, 0.1) is 23.8 Å². The molecule has 1 saturated carbocycles. The van der Waals surface area contributed by atoms with Crippen LogP contribution in [-0.2, 0) is 10.5 Å². The molecule has 0 aliphatic heterocycles. The van der Waals surface area contributed by atoms with Crippen molar-refractivity contribution >= 4 is 34.6 Å². The fraction of sp³-hybridized carbons (Fsp3) is 0.529. The van der Waals surface area contributed by atoms with Crippen LogP contribution >= 0.6 is 11.8 Å². The number of aryl methyl sites for hydroxylation is 1. The fourth-order valence-corrected chi connectivity index (χ4v) is 4.28. The smallest absolute Gasteiger partial charge is 0.342 e. The molecule has 0 aromatic carbocycles. The van der Waals surface area contributed by atoms with Crippen LogP contribution in [0, 0.1) is 6.92 Å². The Labute approximate surface area is 165 Å². The monoisotopic (exact) mass is 403 g/mol. The highest BCUT2D eigenvalue weighted by atomic mass is 32.2. The second-order valence-electron chi connectivity index (χ2n) is 6.59. The van der Waals surface area contributed by atoms with Gasteiger partial charge in [-0.25, -0.2) is 14.5 Å². The van der Waals surface area contributed by atoms with Crippen LogP contribution in [0.2, 0.25) is 0 Å². The first-order valence-electron chi connectivity index (χ1n) is 9.21. The first kappa shape index (κ1) is 18.7. The highest BCUT2D eigenvalue weighted by Gasteiger charge is 2.25. The number of aromatic nitrogens is 6. The molecule has 28 heavy (non-hydrogen) atoms. The Balaban J connectivity index is 1.57. The van der Waals surface area contributed by atoms with E-state index < -0.39 is 5.97 Å². The molecular formula is C17H21N7O3S. The minimum Gasteiger partial charge on any atom is -0.462 e. The van der Waals surface area contributed by atoms with Gasteiger partial charge in [-0.3, -0.25) is 0 Å². The molecule has 3 aromatic heterocycles. The maximum absolute atomic E-state index is 12.2. The van der Waals surface area contributed by atoms with E-state index in [-0.39, 0.29) is 23.7 Å². The lowest BCUT2D eigenvalue weighted by Gasteiger charge is -2.10. The Morgan fingerprint density at radius 3 is 2.89 bits per heavy atom. The van der Waals surface area contributed by atoms with Crippen LogP contribution < -0.4 is 5.73 Å². The van der Waals surface area contributed by atoms with Crippen LogP contribution in [0.3, 0.4) is 0 Å². The van der Waals surface area contributed by atoms with Gasteiger partial charge in [0.1, 0.15) is 23.0 Å². The second-order valence-corrected chi connectivity index (χ2v) is 7.53. The summed E-state index contributed by atoms with van der Waals surface area (Å²) >= 11 is 1.45. The van der Waals surface area contributed by atoms with Gasteiger partial charge in [0.25, 0.3) is 0 Å². The number of carbonyl (C=O) groups excluding carboxylic acids is 1. The fourth-order valence-electron chi connectivity index (χ4n) is 3.48. The molecule has 0 amide bonds. The summed E-state index contributed by atoms with van der Waals surface area (Å²) in [4.78, 5) is 21.0. The van der Waals surface area contributed by atoms with E-state index in [4.69, 9.17) is 14.9 Å². The number of furan rings is 1. The Hall–Kier alpha value is -2.69. The molecule has 0 spiro atoms. The predicted octanol–water partition coefficient (Wildman–Crippen LogP) is 2.68. The van der Waals surface area contributed by atoms with Crippen LogP contribution in [0.1, 0.15) is 60.6 Å². The molecule has 2 N–H and O–H groups in total. The van der Waals surface area contributed by atoms with E-state index in [2.05, 4.69) is 25.5 Å². The zero-order valence-corrected chi connectivity index (χ0v) is 16.5. The number of nitrogen functional groups attached to an aromatic ring is 1. The largest absolute Gasteiger partial charge is 0.462 e. The number of ether oxygens (including phenoxy) is 1. The summed E-state index contributed by atoms with van der Waals surface area (Å²) in [6, 6.07) is 0.353. The van der Waals surface area contributed by atoms with E-state index in [1.165, 1.54) is 24.6 Å². The van der Waals surface area contributed by atoms with Gasteiger partial charge in [-0.15, -0.1) is 5.10 Å². The van der Waals surface area contributed by atoms with Gasteiger partial charge in [-0.1, -0.05) is 24.6 Å². The molecule has 3 aromatic rings. The average Bonchev–Trinajstić information content (AvgIpc) is 3.39. The van der Waals surface area contributed by atoms with Crippen molar-refractivity contribution in [1.82, 2.24) is 30.2 Å². The molecule has 1 aliphatic carbocycles. The summed E-state index contributed by atoms with van der Waals surface area (Å²) in [5.41, 5.74) is 6.66. The van der Waals surface area contributed by atoms with Crippen molar-refractivity contribution in [3.63, 3.8) is 0 Å². The van der Waals surface area contributed by atoms with E-state index in [0.717, 1.165) is 18.0 Å². The van der Waals surface area contributed by atoms with Crippen molar-refractivity contribution in [3.05, 3.63) is 17.1 Å². The van der Waals surface area contributed by atoms with E-state index >= 15 is 0 Å². The summed E-state index contributed by atoms with van der Waals surface area (Å²) in [5, 5.41) is 13.2. The van der Waals surface area contributed by atoms with Crippen molar-refractivity contribution in [1.29, 1.82) is 0 Å². The molecule has 0 saturated heterocycles. The summed E-state index contributed by atoms with van der Waals surface area (Å²) in [6.45, 7) is 3.68. The van der Waals surface area contributed by atoms with Gasteiger partial charge in [0, 0.05) is 0 Å². The third-order valence-corrected chi connectivity index (χ3v) is 5.67. The lowest BCUT2D eigenvalue weighted by molar-refractivity contribution is 0.0526. The number of fused-ring (bicyclic) bond motifs is 1. The number of nitrogens with zero attached hydrogens (tertiary/aromatic N) is 6. The van der Waals surface area contributed by atoms with Gasteiger partial charge < -0.3 is 14.9 Å². The topological polar surface area (TPSA) is 135 Å². The summed E-state index contributed by atoms with van der Waals surface area (Å²) in [6.07, 6.45) is 4.59. The number of hydrogen-bond donors (Lipinski definition) is 1. The molecular weight excluding hydrogens is 382 g/mol. The standard InChI is InChI=1S/C17H21N7O3S/c1-3-26-16(25)12-9(2)27-15-13(12)14(18)19-11(20-15)8-28-17-21-22-23-24(17)10-6-4-5-7-10/h10H,3-8H2,1-2H3,(H2,18,19,20). The molecule has 0 unspecified atom stereocenters. The molecule has 3 heterocycles. The van der Waals surface area contributed by atoms with E-state index in [9.17, 15) is 4.79 Å². The molecule has 11 heteroatoms. The summed E-state index contributed by atoms with van der Waals surface area (Å²) in [5.74, 6) is 1.02. The maximum atomic E-state index is 12.2. The minimum atomic E-state index is -0.494. The number of tetrazole rings is 1. The molecule has 148 valence electrons. The molecule has 1 fully saturated rings. The SMILES string of the molecule is CCOC(=O)c1c(C)oc2nc(CSc3nnnn3C3CCCC3)nc(N)c12. The summed E-state index contributed by atoms with van der Waals surface area (Å²) in [7, 11) is 0. The first-order chi connectivity index (χ1) is 13.6. The number of carbonyl (C=O) groups is 1. The molecule has 0 atom stereocenters. The highest BCUT2D eigenvalue weighted by Crippen LogP contribution is 2.33. The molecule has 0 bridgehead atoms. The van der Waals surface area contributed by atoms with Crippen molar-refractivity contribution < 1.29 is 13.9 Å². The van der Waals surface area contributed by atoms with Crippen LogP contribution in [0.4, 0.5) is 5.82 Å². The van der Waals surface area contributed by atoms with Crippen LogP contribution in [-0.4, -0.2) is 42.8 Å². The van der Waals surface area contributed by atoms with Crippen molar-refractivity contribution in [2.45, 2.75) is 56.5 Å². The number of hydrogen-bond acceptors (Lipinski definition) is 10. The van der Waals surface area contributed by atoms with Crippen LogP contribution in [0.25, 0.3) is 11.1 Å². The van der Waals surface area contributed by atoms with Gasteiger partial charge in [0.15, 0.2) is 0 Å². The van der Waals surface area contributed by atoms with E-state index in [1.807, 2.05) is 4.68 Å². The zero-order chi connectivity index (χ0) is 19.7. The molecule has 1 aliphatic rings. The lowest BCUT2D eigenvalue weighted by atomic mass is 10.2. The van der Waals surface area contributed by atoms with E-state index in [1.54, 1.807) is 13.8 Å². The average molecular weight is 403 g/mol. The maximum Gasteiger partial charge on any atom is 0.342 e. The number of nitrogens with two attached hydrogens (primary N) is 1. The van der Waals surface area contributed by atoms with Crippen molar-refractivity contribution in [3.8, 4) is 0 Å². The molecule has 0 radical (unpaired) electrons. The normalized spacial score (nSPS) is 14.8. The lowest BCUT2D eigenvalue weighted by Crippen LogP contribution is -2.09. The van der Waals surface area contributed by atoms with Gasteiger partial charge >= 0.3 is 5.97 Å². The van der Waals surface area contributed by atoms with Crippen molar-refractivity contribution in [2.24, 2.45) is 0 Å². The highest BCUT2D eigenvalue weighted by molar-refractivity contribution is 7.98. The third-order valence-electron chi connectivity index (χ3n) is 4.75. The number of rotatable bonds is 6. The first-order valence-corrected chi connectivity index (χ1v) is 10.2. The van der Waals surface area contributed by atoms with Gasteiger partial charge in [0.2, 0.25) is 10.9 Å². The number of thioether (sulfide) groups is 1. The zero-order valence-electron chi connectivity index (χ0n) is 15.7. The minimum absolute atomic E-state index is 0.191. The van der Waals surface area contributed by atoms with Crippen LogP contribution in [0.15, 0.2) is 9.57 Å². The van der Waals surface area contributed by atoms with Gasteiger partial charge in [-0.2, -0.15) is 4.98 Å². The Bertz CT molecular complexity index is 1010. The Morgan fingerprint density at radius 2 is 2.14 bits per heavy atom. The Morgan fingerprint density at radius 1 is 1.36 bits per heavy atom. The van der Waals surface area contributed by atoms with Crippen molar-refractivity contribution in [2.75, 3.05) is 12.3 Å². The third kappa shape index (κ3) is 3.41. The number of anilines is 1. The molecule has 4 rings (SSSR count). The quantitative estimate of drug-likeness (QED) is 0.483. The predicted molar refractivity (Wildman–Crippen MR) is 102 cm³/mol. The van der Waals surface area contributed by atoms with Crippen LogP contribution in [0.5, 0.6) is 0 Å². The Kier molecular flexibility index (Phi) is 5.16. The molecule has 10 nitrogen and oxygen atoms in total. The van der Waals surface area contributed by atoms with Gasteiger partial charge in [-0.05, 0) is 37.1 Å². The van der Waals surface area contributed by atoms with E-state index in [0.29, 0.717) is 28.8 Å².